The topological polar surface area (TPSA) is 103 Å². The van der Waals surface area contributed by atoms with Crippen molar-refractivity contribution >= 4 is 0 Å². The van der Waals surface area contributed by atoms with E-state index in [1.54, 1.807) is 30.3 Å². The standard InChI is InChI=1S/C22H20F6N4O4/c23-21(24,25)15-8-13(9-16(10-15)22(26,27)28)12-36-19-18(14-4-2-1-3-5-14)32(34,6-7-35-19)11-17-29-20(33)31-30-17/h1-5,8-10,18-19H,6-7,11-12H2,(H2,29,30,31,33). The Bertz CT molecular complexity index is 1210. The second kappa shape index (κ2) is 9.69. The average molecular weight is 518 g/mol. The number of hydrogen-bond donors (Lipinski definition) is 2. The van der Waals surface area contributed by atoms with Crippen LogP contribution in [0.15, 0.2) is 53.3 Å². The van der Waals surface area contributed by atoms with Gasteiger partial charge in [-0.3, -0.25) is 4.98 Å². The van der Waals surface area contributed by atoms with Crippen LogP contribution in [0.4, 0.5) is 26.3 Å². The predicted molar refractivity (Wildman–Crippen MR) is 112 cm³/mol. The van der Waals surface area contributed by atoms with Gasteiger partial charge >= 0.3 is 18.0 Å². The van der Waals surface area contributed by atoms with Crippen molar-refractivity contribution in [2.45, 2.75) is 37.8 Å². The summed E-state index contributed by atoms with van der Waals surface area (Å²) in [5.41, 5.74) is -3.49. The number of ether oxygens (including phenoxy) is 2. The lowest BCUT2D eigenvalue weighted by molar-refractivity contribution is -0.941. The third kappa shape index (κ3) is 5.78. The number of halogens is 6. The van der Waals surface area contributed by atoms with Crippen molar-refractivity contribution in [2.24, 2.45) is 0 Å². The number of morpholine rings is 1. The molecule has 1 fully saturated rings. The Labute approximate surface area is 199 Å². The molecule has 1 aromatic heterocycles. The maximum atomic E-state index is 13.9. The number of rotatable bonds is 6. The van der Waals surface area contributed by atoms with Crippen LogP contribution in [-0.2, 0) is 35.0 Å². The van der Waals surface area contributed by atoms with Gasteiger partial charge in [0.1, 0.15) is 13.1 Å². The van der Waals surface area contributed by atoms with E-state index in [0.29, 0.717) is 17.7 Å². The van der Waals surface area contributed by atoms with Gasteiger partial charge in [-0.25, -0.2) is 9.89 Å². The van der Waals surface area contributed by atoms with Crippen molar-refractivity contribution in [1.82, 2.24) is 15.2 Å². The minimum absolute atomic E-state index is 0.0254. The quantitative estimate of drug-likeness (QED) is 0.288. The summed E-state index contributed by atoms with van der Waals surface area (Å²) in [6.07, 6.45) is -11.3. The molecular weight excluding hydrogens is 498 g/mol. The fraction of sp³-hybridized carbons (Fsp3) is 0.364. The van der Waals surface area contributed by atoms with Crippen LogP contribution in [0.1, 0.15) is 34.1 Å². The number of nitrogens with zero attached hydrogens (tertiary/aromatic N) is 2. The number of aromatic nitrogens is 3. The molecule has 0 bridgehead atoms. The number of quaternary nitrogens is 1. The van der Waals surface area contributed by atoms with Crippen LogP contribution in [0, 0.1) is 5.21 Å². The zero-order valence-electron chi connectivity index (χ0n) is 18.4. The fourth-order valence-electron chi connectivity index (χ4n) is 4.09. The number of hydrogen-bond acceptors (Lipinski definition) is 5. The molecule has 3 aromatic rings. The first kappa shape index (κ1) is 25.9. The summed E-state index contributed by atoms with van der Waals surface area (Å²) in [7, 11) is 0. The Morgan fingerprint density at radius 2 is 1.69 bits per heavy atom. The molecule has 1 aliphatic heterocycles. The summed E-state index contributed by atoms with van der Waals surface area (Å²) < 4.78 is 89.5. The molecule has 0 spiro atoms. The molecule has 194 valence electrons. The van der Waals surface area contributed by atoms with Crippen molar-refractivity contribution in [3.05, 3.63) is 92.3 Å². The van der Waals surface area contributed by atoms with E-state index in [4.69, 9.17) is 9.47 Å². The van der Waals surface area contributed by atoms with Crippen LogP contribution in [0.2, 0.25) is 0 Å². The molecule has 0 aliphatic carbocycles. The number of H-pyrrole nitrogens is 2. The van der Waals surface area contributed by atoms with Crippen LogP contribution in [0.5, 0.6) is 0 Å². The van der Waals surface area contributed by atoms with E-state index >= 15 is 0 Å². The Morgan fingerprint density at radius 1 is 1.06 bits per heavy atom. The van der Waals surface area contributed by atoms with Gasteiger partial charge in [0.15, 0.2) is 11.9 Å². The van der Waals surface area contributed by atoms with Crippen LogP contribution in [-0.4, -0.2) is 39.3 Å². The molecule has 0 radical (unpaired) electrons. The molecule has 1 saturated heterocycles. The van der Waals surface area contributed by atoms with Crippen molar-refractivity contribution in [3.63, 3.8) is 0 Å². The van der Waals surface area contributed by atoms with E-state index in [-0.39, 0.29) is 31.6 Å². The van der Waals surface area contributed by atoms with Crippen molar-refractivity contribution < 1.29 is 40.5 Å². The van der Waals surface area contributed by atoms with Crippen molar-refractivity contribution in [1.29, 1.82) is 0 Å². The Hall–Kier alpha value is -3.20. The first-order chi connectivity index (χ1) is 16.8. The summed E-state index contributed by atoms with van der Waals surface area (Å²) in [5, 5.41) is 19.9. The van der Waals surface area contributed by atoms with Crippen molar-refractivity contribution in [3.8, 4) is 0 Å². The van der Waals surface area contributed by atoms with Crippen LogP contribution in [0.3, 0.4) is 0 Å². The second-order valence-electron chi connectivity index (χ2n) is 8.28. The van der Waals surface area contributed by atoms with Gasteiger partial charge in [-0.05, 0) is 23.8 Å². The minimum atomic E-state index is -5.01. The highest BCUT2D eigenvalue weighted by atomic mass is 19.4. The van der Waals surface area contributed by atoms with Crippen LogP contribution in [0.25, 0.3) is 0 Å². The van der Waals surface area contributed by atoms with Gasteiger partial charge < -0.3 is 19.3 Å². The fourth-order valence-corrected chi connectivity index (χ4v) is 4.09. The summed E-state index contributed by atoms with van der Waals surface area (Å²) >= 11 is 0. The van der Waals surface area contributed by atoms with Gasteiger partial charge in [0.25, 0.3) is 0 Å². The Balaban J connectivity index is 1.64. The minimum Gasteiger partial charge on any atom is -0.632 e. The highest BCUT2D eigenvalue weighted by Crippen LogP contribution is 2.39. The number of hydroxylamine groups is 3. The zero-order valence-corrected chi connectivity index (χ0v) is 18.4. The maximum Gasteiger partial charge on any atom is 0.416 e. The highest BCUT2D eigenvalue weighted by molar-refractivity contribution is 5.33. The molecule has 4 rings (SSSR count). The first-order valence-electron chi connectivity index (χ1n) is 10.6. The maximum absolute atomic E-state index is 13.9. The van der Waals surface area contributed by atoms with E-state index in [1.165, 1.54) is 0 Å². The molecule has 14 heteroatoms. The van der Waals surface area contributed by atoms with Crippen LogP contribution < -0.4 is 5.69 Å². The molecule has 3 atom stereocenters. The molecule has 8 nitrogen and oxygen atoms in total. The van der Waals surface area contributed by atoms with E-state index in [2.05, 4.69) is 15.2 Å². The van der Waals surface area contributed by atoms with Gasteiger partial charge in [0.2, 0.25) is 6.29 Å². The van der Waals surface area contributed by atoms with Gasteiger partial charge in [0.05, 0.1) is 24.3 Å². The highest BCUT2D eigenvalue weighted by Gasteiger charge is 2.44. The molecule has 2 heterocycles. The summed E-state index contributed by atoms with van der Waals surface area (Å²) in [4.78, 5) is 13.8. The Kier molecular flexibility index (Phi) is 6.96. The number of alkyl halides is 6. The van der Waals surface area contributed by atoms with E-state index in [0.717, 1.165) is 0 Å². The number of benzene rings is 2. The van der Waals surface area contributed by atoms with Gasteiger partial charge in [-0.2, -0.15) is 31.4 Å². The monoisotopic (exact) mass is 518 g/mol. The van der Waals surface area contributed by atoms with Gasteiger partial charge in [-0.15, -0.1) is 0 Å². The lowest BCUT2D eigenvalue weighted by Gasteiger charge is -2.53. The molecular formula is C22H20F6N4O4. The molecule has 0 amide bonds. The molecule has 2 N–H and O–H groups in total. The van der Waals surface area contributed by atoms with Gasteiger partial charge in [-0.1, -0.05) is 30.3 Å². The molecule has 36 heavy (non-hydrogen) atoms. The van der Waals surface area contributed by atoms with Gasteiger partial charge in [0, 0.05) is 5.56 Å². The second-order valence-corrected chi connectivity index (χ2v) is 8.28. The van der Waals surface area contributed by atoms with Crippen molar-refractivity contribution in [2.75, 3.05) is 13.2 Å². The number of nitrogens with one attached hydrogen (secondary N) is 2. The molecule has 3 unspecified atom stereocenters. The summed E-state index contributed by atoms with van der Waals surface area (Å²) in [6.45, 7) is -1.15. The molecule has 0 saturated carbocycles. The largest absolute Gasteiger partial charge is 0.632 e. The average Bonchev–Trinajstić information content (AvgIpc) is 3.20. The lowest BCUT2D eigenvalue weighted by atomic mass is 10.0. The third-order valence-corrected chi connectivity index (χ3v) is 5.69. The smallest absolute Gasteiger partial charge is 0.416 e. The number of aromatic amines is 2. The first-order valence-corrected chi connectivity index (χ1v) is 10.6. The third-order valence-electron chi connectivity index (χ3n) is 5.69. The van der Waals surface area contributed by atoms with Crippen LogP contribution >= 0.6 is 0 Å². The normalized spacial score (nSPS) is 23.1. The van der Waals surface area contributed by atoms with E-state index in [1.807, 2.05) is 0 Å². The SMILES string of the molecule is O=c1[nH]nc(C[N+]2([O-])CCOC(OCc3cc(C(F)(F)F)cc(C(F)(F)F)c3)C2c2ccccc2)[nH]1. The lowest BCUT2D eigenvalue weighted by Crippen LogP contribution is -2.56. The van der Waals surface area contributed by atoms with E-state index in [9.17, 15) is 36.3 Å². The summed E-state index contributed by atoms with van der Waals surface area (Å²) in [5.74, 6) is 0.0734. The predicted octanol–water partition coefficient (Wildman–Crippen LogP) is 4.26. The summed E-state index contributed by atoms with van der Waals surface area (Å²) in [6, 6.07) is 8.33. The zero-order chi connectivity index (χ0) is 26.1. The molecule has 2 aromatic carbocycles. The van der Waals surface area contributed by atoms with E-state index < -0.39 is 58.3 Å². The molecule has 1 aliphatic rings. The Morgan fingerprint density at radius 3 is 2.25 bits per heavy atom.